The summed E-state index contributed by atoms with van der Waals surface area (Å²) in [6, 6.07) is 14.5. The summed E-state index contributed by atoms with van der Waals surface area (Å²) in [4.78, 5) is 12.2. The van der Waals surface area contributed by atoms with Crippen molar-refractivity contribution in [3.05, 3.63) is 60.0 Å². The van der Waals surface area contributed by atoms with E-state index in [9.17, 15) is 4.79 Å². The standard InChI is InChI=1S/C18H15N5O3/c1-2-23-15-9-8-13(10-14(15)19-22-23)18(24)25-11-16-20-21-17(26-16)12-6-4-3-5-7-12/h3-10H,2,11H2,1H3. The van der Waals surface area contributed by atoms with Gasteiger partial charge in [-0.2, -0.15) is 0 Å². The van der Waals surface area contributed by atoms with E-state index in [1.807, 2.05) is 37.3 Å². The summed E-state index contributed by atoms with van der Waals surface area (Å²) in [5, 5.41) is 15.9. The van der Waals surface area contributed by atoms with Crippen molar-refractivity contribution in [2.45, 2.75) is 20.1 Å². The molecule has 0 spiro atoms. The molecule has 0 fully saturated rings. The van der Waals surface area contributed by atoms with Gasteiger partial charge in [-0.1, -0.05) is 23.4 Å². The van der Waals surface area contributed by atoms with Crippen LogP contribution in [0.4, 0.5) is 0 Å². The van der Waals surface area contributed by atoms with E-state index in [2.05, 4.69) is 20.5 Å². The molecule has 130 valence electrons. The van der Waals surface area contributed by atoms with E-state index in [4.69, 9.17) is 9.15 Å². The molecule has 4 aromatic rings. The van der Waals surface area contributed by atoms with Gasteiger partial charge in [-0.05, 0) is 37.3 Å². The number of fused-ring (bicyclic) bond motifs is 1. The second kappa shape index (κ2) is 6.75. The van der Waals surface area contributed by atoms with Crippen LogP contribution in [-0.4, -0.2) is 31.2 Å². The summed E-state index contributed by atoms with van der Waals surface area (Å²) >= 11 is 0. The average Bonchev–Trinajstić information content (AvgIpc) is 3.33. The minimum atomic E-state index is -0.489. The van der Waals surface area contributed by atoms with Gasteiger partial charge in [0.25, 0.3) is 5.89 Å². The summed E-state index contributed by atoms with van der Waals surface area (Å²) in [6.45, 7) is 2.59. The molecule has 0 saturated carbocycles. The van der Waals surface area contributed by atoms with Crippen molar-refractivity contribution in [3.8, 4) is 11.5 Å². The van der Waals surface area contributed by atoms with E-state index in [-0.39, 0.29) is 12.5 Å². The van der Waals surface area contributed by atoms with E-state index < -0.39 is 5.97 Å². The van der Waals surface area contributed by atoms with Crippen molar-refractivity contribution in [1.82, 2.24) is 25.2 Å². The van der Waals surface area contributed by atoms with E-state index in [1.165, 1.54) is 0 Å². The van der Waals surface area contributed by atoms with E-state index in [0.29, 0.717) is 23.5 Å². The molecule has 4 rings (SSSR count). The van der Waals surface area contributed by atoms with Gasteiger partial charge < -0.3 is 9.15 Å². The van der Waals surface area contributed by atoms with Crippen LogP contribution in [0.2, 0.25) is 0 Å². The van der Waals surface area contributed by atoms with Crippen LogP contribution in [0.15, 0.2) is 52.9 Å². The molecule has 0 aliphatic carbocycles. The normalized spacial score (nSPS) is 11.0. The lowest BCUT2D eigenvalue weighted by Crippen LogP contribution is -2.05. The van der Waals surface area contributed by atoms with Gasteiger partial charge in [0.05, 0.1) is 11.1 Å². The molecule has 8 heteroatoms. The number of aryl methyl sites for hydroxylation is 1. The first kappa shape index (κ1) is 15.9. The van der Waals surface area contributed by atoms with Gasteiger partial charge in [-0.3, -0.25) is 0 Å². The van der Waals surface area contributed by atoms with Crippen LogP contribution < -0.4 is 0 Å². The highest BCUT2D eigenvalue weighted by Gasteiger charge is 2.14. The molecule has 8 nitrogen and oxygen atoms in total. The molecule has 2 aromatic carbocycles. The summed E-state index contributed by atoms with van der Waals surface area (Å²) in [5.74, 6) is 0.127. The van der Waals surface area contributed by atoms with Crippen LogP contribution in [-0.2, 0) is 17.9 Å². The van der Waals surface area contributed by atoms with Gasteiger partial charge in [-0.15, -0.1) is 15.3 Å². The summed E-state index contributed by atoms with van der Waals surface area (Å²) in [7, 11) is 0. The van der Waals surface area contributed by atoms with E-state index in [0.717, 1.165) is 11.1 Å². The van der Waals surface area contributed by atoms with Crippen molar-refractivity contribution in [2.75, 3.05) is 0 Å². The zero-order valence-electron chi connectivity index (χ0n) is 14.0. The Morgan fingerprint density at radius 1 is 1.12 bits per heavy atom. The molecule has 0 N–H and O–H groups in total. The largest absolute Gasteiger partial charge is 0.452 e. The first-order valence-corrected chi connectivity index (χ1v) is 8.13. The van der Waals surface area contributed by atoms with Gasteiger partial charge in [0.15, 0.2) is 6.61 Å². The fraction of sp³-hybridized carbons (Fsp3) is 0.167. The quantitative estimate of drug-likeness (QED) is 0.511. The zero-order valence-corrected chi connectivity index (χ0v) is 14.0. The van der Waals surface area contributed by atoms with Gasteiger partial charge >= 0.3 is 5.97 Å². The number of carbonyl (C=O) groups excluding carboxylic acids is 1. The predicted octanol–water partition coefficient (Wildman–Crippen LogP) is 2.86. The lowest BCUT2D eigenvalue weighted by molar-refractivity contribution is 0.0439. The summed E-state index contributed by atoms with van der Waals surface area (Å²) in [5.41, 5.74) is 2.71. The van der Waals surface area contributed by atoms with Gasteiger partial charge in [0.1, 0.15) is 5.52 Å². The minimum Gasteiger partial charge on any atom is -0.452 e. The molecule has 0 aliphatic rings. The molecule has 2 heterocycles. The molecule has 0 saturated heterocycles. The van der Waals surface area contributed by atoms with Gasteiger partial charge in [0, 0.05) is 12.1 Å². The van der Waals surface area contributed by atoms with Crippen LogP contribution in [0.25, 0.3) is 22.5 Å². The van der Waals surface area contributed by atoms with E-state index >= 15 is 0 Å². The smallest absolute Gasteiger partial charge is 0.338 e. The second-order valence-corrected chi connectivity index (χ2v) is 5.55. The highest BCUT2D eigenvalue weighted by atomic mass is 16.5. The van der Waals surface area contributed by atoms with Crippen LogP contribution in [0, 0.1) is 0 Å². The van der Waals surface area contributed by atoms with Crippen LogP contribution in [0.3, 0.4) is 0 Å². The molecule has 0 aliphatic heterocycles. The van der Waals surface area contributed by atoms with Crippen LogP contribution in [0.5, 0.6) is 0 Å². The number of esters is 1. The summed E-state index contributed by atoms with van der Waals surface area (Å²) < 4.78 is 12.5. The Morgan fingerprint density at radius 2 is 1.96 bits per heavy atom. The first-order valence-electron chi connectivity index (χ1n) is 8.13. The SMILES string of the molecule is CCn1nnc2cc(C(=O)OCc3nnc(-c4ccccc4)o3)ccc21. The molecular formula is C18H15N5O3. The number of hydrogen-bond acceptors (Lipinski definition) is 7. The number of rotatable bonds is 5. The zero-order chi connectivity index (χ0) is 17.9. The Balaban J connectivity index is 1.45. The molecule has 2 aromatic heterocycles. The second-order valence-electron chi connectivity index (χ2n) is 5.55. The monoisotopic (exact) mass is 349 g/mol. The Bertz CT molecular complexity index is 1060. The van der Waals surface area contributed by atoms with Gasteiger partial charge in [0.2, 0.25) is 5.89 Å². The van der Waals surface area contributed by atoms with Crippen LogP contribution in [0.1, 0.15) is 23.2 Å². The lowest BCUT2D eigenvalue weighted by Gasteiger charge is -2.02. The number of nitrogens with zero attached hydrogens (tertiary/aromatic N) is 5. The Morgan fingerprint density at radius 3 is 2.77 bits per heavy atom. The third-order valence-electron chi connectivity index (χ3n) is 3.86. The minimum absolute atomic E-state index is 0.0989. The number of ether oxygens (including phenoxy) is 1. The Hall–Kier alpha value is -3.55. The van der Waals surface area contributed by atoms with Crippen molar-refractivity contribution in [2.24, 2.45) is 0 Å². The number of carbonyl (C=O) groups is 1. The summed E-state index contributed by atoms with van der Waals surface area (Å²) in [6.07, 6.45) is 0. The van der Waals surface area contributed by atoms with Crippen molar-refractivity contribution < 1.29 is 13.9 Å². The van der Waals surface area contributed by atoms with Crippen LogP contribution >= 0.6 is 0 Å². The number of aromatic nitrogens is 5. The molecule has 0 atom stereocenters. The highest BCUT2D eigenvalue weighted by molar-refractivity contribution is 5.93. The average molecular weight is 349 g/mol. The molecule has 0 bridgehead atoms. The van der Waals surface area contributed by atoms with E-state index in [1.54, 1.807) is 22.9 Å². The molecular weight excluding hydrogens is 334 g/mol. The maximum Gasteiger partial charge on any atom is 0.338 e. The maximum atomic E-state index is 12.2. The Labute approximate surface area is 148 Å². The lowest BCUT2D eigenvalue weighted by atomic mass is 10.2. The van der Waals surface area contributed by atoms with Crippen molar-refractivity contribution in [3.63, 3.8) is 0 Å². The fourth-order valence-electron chi connectivity index (χ4n) is 2.55. The third kappa shape index (κ3) is 3.04. The first-order chi connectivity index (χ1) is 12.7. The topological polar surface area (TPSA) is 95.9 Å². The van der Waals surface area contributed by atoms with Gasteiger partial charge in [-0.25, -0.2) is 9.48 Å². The predicted molar refractivity (Wildman–Crippen MR) is 92.1 cm³/mol. The fourth-order valence-corrected chi connectivity index (χ4v) is 2.55. The maximum absolute atomic E-state index is 12.2. The molecule has 26 heavy (non-hydrogen) atoms. The highest BCUT2D eigenvalue weighted by Crippen LogP contribution is 2.18. The molecule has 0 unspecified atom stereocenters. The van der Waals surface area contributed by atoms with Crippen molar-refractivity contribution in [1.29, 1.82) is 0 Å². The van der Waals surface area contributed by atoms with Crippen molar-refractivity contribution >= 4 is 17.0 Å². The number of hydrogen-bond donors (Lipinski definition) is 0. The third-order valence-corrected chi connectivity index (χ3v) is 3.86. The molecule has 0 amide bonds. The Kier molecular flexibility index (Phi) is 4.14. The molecule has 0 radical (unpaired) electrons. The number of benzene rings is 2.